The summed E-state index contributed by atoms with van der Waals surface area (Å²) in [6, 6.07) is 56.4. The molecular formula is C63H65BBr4NS. The summed E-state index contributed by atoms with van der Waals surface area (Å²) in [6.07, 6.45) is 0. The van der Waals surface area contributed by atoms with Crippen molar-refractivity contribution in [2.24, 2.45) is 4.30 Å². The first-order valence-corrected chi connectivity index (χ1v) is 28.2. The predicted octanol–water partition coefficient (Wildman–Crippen LogP) is 23.0. The standard InChI is InChI=1S/C20H16Br2.2C20H18.3CH4.BHNS.Br2/c1-20(2,3)13-8-11-4-6-14-16(21)10-17(22)15-7-5-12(9-13)18(11)19(14)15;2*1-20(2,3)17-11-15-9-7-13-5-4-6-14-8-10-16(12-17)19(15)18(13)14;;;;1-2-3;1-2/h4-10H,1-3H3;2*4-12H,1-3H3;3*1H4;3H;. The average Bonchev–Trinajstić information content (AvgIpc) is 3.30. The van der Waals surface area contributed by atoms with Crippen LogP contribution in [-0.2, 0) is 16.2 Å². The van der Waals surface area contributed by atoms with Crippen molar-refractivity contribution in [3.05, 3.63) is 177 Å². The fourth-order valence-electron chi connectivity index (χ4n) is 9.64. The van der Waals surface area contributed by atoms with Gasteiger partial charge >= 0.3 is 24.8 Å². The topological polar surface area (TPSA) is 12.4 Å². The van der Waals surface area contributed by atoms with Crippen molar-refractivity contribution in [1.82, 2.24) is 0 Å². The van der Waals surface area contributed by atoms with Gasteiger partial charge in [0.1, 0.15) is 0 Å². The molecule has 0 spiro atoms. The predicted molar refractivity (Wildman–Crippen MR) is 337 cm³/mol. The number of benzene rings is 12. The molecule has 0 aliphatic rings. The molecule has 0 bridgehead atoms. The molecule has 70 heavy (non-hydrogen) atoms. The van der Waals surface area contributed by atoms with Crippen molar-refractivity contribution >= 4 is 178 Å². The summed E-state index contributed by atoms with van der Waals surface area (Å²) in [5, 5.41) is 24.3. The molecule has 0 N–H and O–H groups in total. The summed E-state index contributed by atoms with van der Waals surface area (Å²) >= 11 is 16.1. The molecule has 12 rings (SSSR count). The molecule has 12 aromatic rings. The minimum absolute atomic E-state index is 0. The van der Waals surface area contributed by atoms with Crippen LogP contribution in [0.25, 0.3) is 97.0 Å². The maximum absolute atomic E-state index is 4.34. The van der Waals surface area contributed by atoms with Crippen LogP contribution in [0.1, 0.15) is 101 Å². The first kappa shape index (κ1) is 56.8. The third kappa shape index (κ3) is 11.0. The van der Waals surface area contributed by atoms with Gasteiger partial charge in [0.05, 0.1) is 0 Å². The van der Waals surface area contributed by atoms with E-state index in [2.05, 4.69) is 299 Å². The minimum atomic E-state index is 0. The van der Waals surface area contributed by atoms with Gasteiger partial charge in [-0.05, 0) is 136 Å². The summed E-state index contributed by atoms with van der Waals surface area (Å²) in [7, 11) is 4.34. The van der Waals surface area contributed by atoms with Gasteiger partial charge < -0.3 is 0 Å². The van der Waals surface area contributed by atoms with Crippen LogP contribution in [-0.4, -0.2) is 7.64 Å². The molecule has 1 nitrogen and oxygen atoms in total. The van der Waals surface area contributed by atoms with E-state index in [1.807, 2.05) is 0 Å². The maximum atomic E-state index is 4.34. The summed E-state index contributed by atoms with van der Waals surface area (Å²) in [5.41, 5.74) is 4.73. The fourth-order valence-corrected chi connectivity index (χ4v) is 11.1. The quantitative estimate of drug-likeness (QED) is 0.0883. The van der Waals surface area contributed by atoms with E-state index in [0.717, 1.165) is 8.95 Å². The van der Waals surface area contributed by atoms with Crippen LogP contribution in [0.15, 0.2) is 165 Å². The summed E-state index contributed by atoms with van der Waals surface area (Å²) in [5.74, 6) is 0. The van der Waals surface area contributed by atoms with Crippen molar-refractivity contribution in [1.29, 1.82) is 0 Å². The van der Waals surface area contributed by atoms with Gasteiger partial charge in [0.25, 0.3) is 0 Å². The van der Waals surface area contributed by atoms with Gasteiger partial charge in [-0.25, -0.2) is 0 Å². The Morgan fingerprint density at radius 1 is 0.343 bits per heavy atom. The van der Waals surface area contributed by atoms with Gasteiger partial charge in [-0.1, -0.05) is 262 Å². The molecule has 0 saturated heterocycles. The van der Waals surface area contributed by atoms with Crippen LogP contribution in [0.5, 0.6) is 0 Å². The van der Waals surface area contributed by atoms with E-state index in [4.69, 9.17) is 0 Å². The van der Waals surface area contributed by atoms with Crippen LogP contribution in [0.4, 0.5) is 0 Å². The van der Waals surface area contributed by atoms with Crippen LogP contribution < -0.4 is 0 Å². The Hall–Kier alpha value is -4.11. The molecule has 0 atom stereocenters. The van der Waals surface area contributed by atoms with E-state index in [-0.39, 0.29) is 38.5 Å². The van der Waals surface area contributed by atoms with Crippen molar-refractivity contribution in [2.45, 2.75) is 101 Å². The van der Waals surface area contributed by atoms with Crippen LogP contribution in [0, 0.1) is 0 Å². The van der Waals surface area contributed by atoms with Crippen LogP contribution >= 0.6 is 72.9 Å². The zero-order valence-electron chi connectivity index (χ0n) is 39.4. The third-order valence-electron chi connectivity index (χ3n) is 13.1. The summed E-state index contributed by atoms with van der Waals surface area (Å²) in [6.45, 7) is 20.5. The van der Waals surface area contributed by atoms with E-state index in [1.54, 1.807) is 0 Å². The molecule has 0 heterocycles. The molecule has 0 saturated carbocycles. The van der Waals surface area contributed by atoms with Crippen molar-refractivity contribution in [2.75, 3.05) is 0 Å². The summed E-state index contributed by atoms with van der Waals surface area (Å²) in [4.78, 5) is 0. The van der Waals surface area contributed by atoms with Crippen molar-refractivity contribution in [3.63, 3.8) is 0 Å². The third-order valence-corrected chi connectivity index (χ3v) is 14.5. The Morgan fingerprint density at radius 2 is 0.543 bits per heavy atom. The second-order valence-electron chi connectivity index (χ2n) is 20.6. The molecule has 1 radical (unpaired) electrons. The molecule has 12 aromatic carbocycles. The van der Waals surface area contributed by atoms with Gasteiger partial charge in [0.15, 0.2) is 0 Å². The fraction of sp³-hybridized carbons (Fsp3) is 0.238. The molecule has 0 unspecified atom stereocenters. The molecule has 0 aliphatic carbocycles. The van der Waals surface area contributed by atoms with E-state index >= 15 is 0 Å². The Bertz CT molecular complexity index is 3370. The van der Waals surface area contributed by atoms with Crippen molar-refractivity contribution in [3.8, 4) is 0 Å². The Labute approximate surface area is 456 Å². The van der Waals surface area contributed by atoms with Crippen molar-refractivity contribution < 1.29 is 0 Å². The molecule has 359 valence electrons. The number of rotatable bonds is 0. The van der Waals surface area contributed by atoms with Gasteiger partial charge in [-0.2, -0.15) is 0 Å². The molecular weight excluding hydrogens is 1130 g/mol. The molecule has 0 fully saturated rings. The van der Waals surface area contributed by atoms with Gasteiger partial charge in [0.2, 0.25) is 0 Å². The second kappa shape index (κ2) is 22.3. The Kier molecular flexibility index (Phi) is 18.1. The number of thiol groups is 1. The van der Waals surface area contributed by atoms with E-state index in [1.165, 1.54) is 114 Å². The van der Waals surface area contributed by atoms with E-state index < -0.39 is 0 Å². The molecule has 7 heteroatoms. The molecule has 0 amide bonds. The second-order valence-corrected chi connectivity index (χ2v) is 22.6. The van der Waals surface area contributed by atoms with Gasteiger partial charge in [-0.3, -0.25) is 0 Å². The first-order valence-electron chi connectivity index (χ1n) is 22.5. The Morgan fingerprint density at radius 3 is 0.786 bits per heavy atom. The first-order chi connectivity index (χ1) is 31.8. The van der Waals surface area contributed by atoms with Crippen LogP contribution in [0.2, 0.25) is 0 Å². The SMILES string of the molecule is BrBr.C.C.C.CC(C)(C)c1cc2ccc3c(Br)cc(Br)c4ccc(c1)c2c34.CC(C)(C)c1cc2ccc3cccc4ccc(c1)c2c34.CC(C)(C)c1cc2ccc3cccc4ccc(c1)c2c34.[B]=NS. The monoisotopic (exact) mass is 1190 g/mol. The number of halogens is 4. The summed E-state index contributed by atoms with van der Waals surface area (Å²) < 4.78 is 4.97. The number of hydrogen-bond acceptors (Lipinski definition) is 2. The number of hydrogen-bond donors (Lipinski definition) is 1. The zero-order chi connectivity index (χ0) is 48.2. The Balaban J connectivity index is 0.000000183. The molecule has 0 aromatic heterocycles. The zero-order valence-corrected chi connectivity index (χ0v) is 46.7. The average molecular weight is 1200 g/mol. The number of nitrogens with zero attached hydrogens (tertiary/aromatic N) is 1. The van der Waals surface area contributed by atoms with Gasteiger partial charge in [0, 0.05) is 37.2 Å². The molecule has 0 aliphatic heterocycles. The van der Waals surface area contributed by atoms with Crippen LogP contribution in [0.3, 0.4) is 0 Å². The van der Waals surface area contributed by atoms with Gasteiger partial charge in [-0.15, -0.1) is 0 Å². The normalized spacial score (nSPS) is 11.6. The van der Waals surface area contributed by atoms with E-state index in [0.29, 0.717) is 0 Å². The van der Waals surface area contributed by atoms with E-state index in [9.17, 15) is 0 Å².